The first-order chi connectivity index (χ1) is 9.38. The van der Waals surface area contributed by atoms with E-state index < -0.39 is 6.10 Å². The van der Waals surface area contributed by atoms with Gasteiger partial charge >= 0.3 is 0 Å². The predicted octanol–water partition coefficient (Wildman–Crippen LogP) is 3.39. The van der Waals surface area contributed by atoms with Gasteiger partial charge in [-0.05, 0) is 69.8 Å². The second-order valence-corrected chi connectivity index (χ2v) is 6.33. The normalized spacial score (nSPS) is 13.7. The average molecular weight is 409 g/mol. The van der Waals surface area contributed by atoms with Gasteiger partial charge in [-0.15, -0.1) is 0 Å². The molecule has 2 atom stereocenters. The van der Waals surface area contributed by atoms with Crippen LogP contribution in [0.3, 0.4) is 0 Å². The maximum absolute atomic E-state index is 12.0. The van der Waals surface area contributed by atoms with Crippen LogP contribution in [0.5, 0.6) is 5.75 Å². The SMILES string of the molecule is CCC(C)NC(=O)C(C)Oc1c(Br)cc(CO)cc1Br. The van der Waals surface area contributed by atoms with Crippen molar-refractivity contribution < 1.29 is 14.6 Å². The van der Waals surface area contributed by atoms with Gasteiger partial charge < -0.3 is 15.2 Å². The first kappa shape index (κ1) is 17.5. The third kappa shape index (κ3) is 4.75. The molecule has 2 N–H and O–H groups in total. The topological polar surface area (TPSA) is 58.6 Å². The Morgan fingerprint density at radius 2 is 1.90 bits per heavy atom. The van der Waals surface area contributed by atoms with Gasteiger partial charge in [0.15, 0.2) is 6.10 Å². The number of nitrogens with one attached hydrogen (secondary N) is 1. The summed E-state index contributed by atoms with van der Waals surface area (Å²) in [5.74, 6) is 0.401. The summed E-state index contributed by atoms with van der Waals surface area (Å²) in [7, 11) is 0. The van der Waals surface area contributed by atoms with Crippen molar-refractivity contribution in [3.63, 3.8) is 0 Å². The highest BCUT2D eigenvalue weighted by atomic mass is 79.9. The van der Waals surface area contributed by atoms with E-state index in [0.29, 0.717) is 14.7 Å². The molecule has 0 aliphatic rings. The second kappa shape index (κ2) is 8.00. The Morgan fingerprint density at radius 1 is 1.35 bits per heavy atom. The summed E-state index contributed by atoms with van der Waals surface area (Å²) in [6.45, 7) is 5.61. The Kier molecular flexibility index (Phi) is 6.99. The Labute approximate surface area is 136 Å². The molecule has 0 aliphatic carbocycles. The summed E-state index contributed by atoms with van der Waals surface area (Å²) < 4.78 is 7.08. The van der Waals surface area contributed by atoms with Crippen LogP contribution in [-0.4, -0.2) is 23.2 Å². The maximum Gasteiger partial charge on any atom is 0.260 e. The Bertz CT molecular complexity index is 456. The van der Waals surface area contributed by atoms with Crippen molar-refractivity contribution in [1.82, 2.24) is 5.32 Å². The van der Waals surface area contributed by atoms with Crippen LogP contribution in [-0.2, 0) is 11.4 Å². The number of carbonyl (C=O) groups is 1. The molecule has 1 amide bonds. The van der Waals surface area contributed by atoms with Crippen molar-refractivity contribution in [3.05, 3.63) is 26.6 Å². The summed E-state index contributed by atoms with van der Waals surface area (Å²) in [5, 5.41) is 12.0. The number of amides is 1. The maximum atomic E-state index is 12.0. The van der Waals surface area contributed by atoms with Crippen LogP contribution in [0.25, 0.3) is 0 Å². The summed E-state index contributed by atoms with van der Waals surface area (Å²) in [6, 6.07) is 3.65. The highest BCUT2D eigenvalue weighted by Gasteiger charge is 2.19. The van der Waals surface area contributed by atoms with Gasteiger partial charge in [-0.3, -0.25) is 4.79 Å². The molecular formula is C14H19Br2NO3. The second-order valence-electron chi connectivity index (χ2n) is 4.62. The number of hydrogen-bond acceptors (Lipinski definition) is 3. The molecule has 4 nitrogen and oxygen atoms in total. The lowest BCUT2D eigenvalue weighted by atomic mass is 10.2. The minimum absolute atomic E-state index is 0.0540. The fourth-order valence-electron chi connectivity index (χ4n) is 1.51. The van der Waals surface area contributed by atoms with E-state index in [2.05, 4.69) is 37.2 Å². The van der Waals surface area contributed by atoms with Crippen LogP contribution in [0.2, 0.25) is 0 Å². The molecule has 1 rings (SSSR count). The number of hydrogen-bond donors (Lipinski definition) is 2. The molecule has 0 aliphatic heterocycles. The number of aliphatic hydroxyl groups excluding tert-OH is 1. The van der Waals surface area contributed by atoms with Crippen molar-refractivity contribution in [2.45, 2.75) is 45.9 Å². The van der Waals surface area contributed by atoms with Crippen LogP contribution in [0.4, 0.5) is 0 Å². The predicted molar refractivity (Wildman–Crippen MR) is 85.8 cm³/mol. The van der Waals surface area contributed by atoms with Crippen LogP contribution >= 0.6 is 31.9 Å². The van der Waals surface area contributed by atoms with E-state index in [0.717, 1.165) is 12.0 Å². The fourth-order valence-corrected chi connectivity index (χ4v) is 2.98. The molecule has 0 saturated carbocycles. The molecule has 1 aromatic rings. The van der Waals surface area contributed by atoms with Gasteiger partial charge in [-0.25, -0.2) is 0 Å². The molecule has 0 bridgehead atoms. The fraction of sp³-hybridized carbons (Fsp3) is 0.500. The van der Waals surface area contributed by atoms with Gasteiger partial charge in [0.05, 0.1) is 15.6 Å². The molecule has 0 fully saturated rings. The van der Waals surface area contributed by atoms with E-state index in [1.165, 1.54) is 0 Å². The lowest BCUT2D eigenvalue weighted by Gasteiger charge is -2.19. The quantitative estimate of drug-likeness (QED) is 0.758. The average Bonchev–Trinajstić information content (AvgIpc) is 2.41. The summed E-state index contributed by atoms with van der Waals surface area (Å²) >= 11 is 6.77. The van der Waals surface area contributed by atoms with Gasteiger partial charge in [-0.1, -0.05) is 6.92 Å². The molecule has 20 heavy (non-hydrogen) atoms. The van der Waals surface area contributed by atoms with E-state index in [9.17, 15) is 4.79 Å². The lowest BCUT2D eigenvalue weighted by Crippen LogP contribution is -2.41. The van der Waals surface area contributed by atoms with E-state index in [4.69, 9.17) is 9.84 Å². The standard InChI is InChI=1S/C14H19Br2NO3/c1-4-8(2)17-14(19)9(3)20-13-11(15)5-10(7-18)6-12(13)16/h5-6,8-9,18H,4,7H2,1-3H3,(H,17,19). The van der Waals surface area contributed by atoms with Crippen molar-refractivity contribution >= 4 is 37.8 Å². The third-order valence-electron chi connectivity index (χ3n) is 2.91. The molecule has 0 radical (unpaired) electrons. The molecule has 0 aromatic heterocycles. The van der Waals surface area contributed by atoms with Crippen molar-refractivity contribution in [2.24, 2.45) is 0 Å². The molecule has 0 saturated heterocycles. The first-order valence-electron chi connectivity index (χ1n) is 6.44. The number of ether oxygens (including phenoxy) is 1. The molecular weight excluding hydrogens is 390 g/mol. The Hall–Kier alpha value is -0.590. The third-order valence-corrected chi connectivity index (χ3v) is 4.08. The summed E-state index contributed by atoms with van der Waals surface area (Å²) in [4.78, 5) is 12.0. The summed E-state index contributed by atoms with van der Waals surface area (Å²) in [5.41, 5.74) is 0.757. The van der Waals surface area contributed by atoms with E-state index in [-0.39, 0.29) is 18.6 Å². The molecule has 0 spiro atoms. The van der Waals surface area contributed by atoms with E-state index >= 15 is 0 Å². The van der Waals surface area contributed by atoms with Crippen LogP contribution < -0.4 is 10.1 Å². The van der Waals surface area contributed by atoms with E-state index in [1.807, 2.05) is 13.8 Å². The Balaban J connectivity index is 2.80. The first-order valence-corrected chi connectivity index (χ1v) is 8.03. The van der Waals surface area contributed by atoms with Crippen LogP contribution in [0.15, 0.2) is 21.1 Å². The number of carbonyl (C=O) groups excluding carboxylic acids is 1. The zero-order valence-corrected chi connectivity index (χ0v) is 14.9. The van der Waals surface area contributed by atoms with Gasteiger partial charge in [0.25, 0.3) is 5.91 Å². The van der Waals surface area contributed by atoms with Crippen molar-refractivity contribution in [1.29, 1.82) is 0 Å². The number of halogens is 2. The summed E-state index contributed by atoms with van der Waals surface area (Å²) in [6.07, 6.45) is 0.272. The lowest BCUT2D eigenvalue weighted by molar-refractivity contribution is -0.127. The van der Waals surface area contributed by atoms with Gasteiger partial charge in [-0.2, -0.15) is 0 Å². The number of benzene rings is 1. The minimum Gasteiger partial charge on any atom is -0.479 e. The molecule has 2 unspecified atom stereocenters. The molecule has 6 heteroatoms. The highest BCUT2D eigenvalue weighted by Crippen LogP contribution is 2.35. The zero-order chi connectivity index (χ0) is 15.3. The highest BCUT2D eigenvalue weighted by molar-refractivity contribution is 9.11. The van der Waals surface area contributed by atoms with Gasteiger partial charge in [0.2, 0.25) is 0 Å². The van der Waals surface area contributed by atoms with Crippen molar-refractivity contribution in [3.8, 4) is 5.75 Å². The smallest absolute Gasteiger partial charge is 0.260 e. The molecule has 112 valence electrons. The minimum atomic E-state index is -0.600. The van der Waals surface area contributed by atoms with Crippen molar-refractivity contribution in [2.75, 3.05) is 0 Å². The van der Waals surface area contributed by atoms with Crippen LogP contribution in [0.1, 0.15) is 32.8 Å². The molecule has 1 aromatic carbocycles. The number of aliphatic hydroxyl groups is 1. The largest absolute Gasteiger partial charge is 0.479 e. The van der Waals surface area contributed by atoms with E-state index in [1.54, 1.807) is 19.1 Å². The number of rotatable bonds is 6. The van der Waals surface area contributed by atoms with Crippen LogP contribution in [0, 0.1) is 0 Å². The van der Waals surface area contributed by atoms with Gasteiger partial charge in [0.1, 0.15) is 5.75 Å². The zero-order valence-electron chi connectivity index (χ0n) is 11.7. The molecule has 0 heterocycles. The Morgan fingerprint density at radius 3 is 2.35 bits per heavy atom. The monoisotopic (exact) mass is 407 g/mol. The van der Waals surface area contributed by atoms with Gasteiger partial charge in [0, 0.05) is 6.04 Å².